The van der Waals surface area contributed by atoms with Crippen LogP contribution in [0.3, 0.4) is 0 Å². The molecule has 5 nitrogen and oxygen atoms in total. The number of hydrogen-bond acceptors (Lipinski definition) is 3. The van der Waals surface area contributed by atoms with Gasteiger partial charge in [-0.15, -0.1) is 0 Å². The molecule has 1 amide bonds. The highest BCUT2D eigenvalue weighted by atomic mass is 16.4. The van der Waals surface area contributed by atoms with Gasteiger partial charge in [0.25, 0.3) is 0 Å². The van der Waals surface area contributed by atoms with Crippen LogP contribution < -0.4 is 11.1 Å². The molecule has 1 unspecified atom stereocenters. The van der Waals surface area contributed by atoms with Crippen molar-refractivity contribution < 1.29 is 14.7 Å². The van der Waals surface area contributed by atoms with Crippen molar-refractivity contribution in [2.75, 3.05) is 11.9 Å². The molecule has 1 aromatic rings. The number of carboxylic acid groups (broad SMARTS) is 1. The molecule has 1 atom stereocenters. The molecule has 4 N–H and O–H groups in total. The number of carbonyl (C=O) groups is 2. The van der Waals surface area contributed by atoms with Gasteiger partial charge in [-0.25, -0.2) is 0 Å². The Hall–Kier alpha value is -1.88. The lowest BCUT2D eigenvalue weighted by Gasteiger charge is -2.18. The first-order valence-corrected chi connectivity index (χ1v) is 6.25. The molecule has 0 bridgehead atoms. The number of nitrogens with two attached hydrogens (primary N) is 1. The summed E-state index contributed by atoms with van der Waals surface area (Å²) in [5, 5.41) is 11.5. The SMILES string of the molecule is CC(C)C(CN)C(=O)Nc1ccc(CC(=O)O)cc1. The monoisotopic (exact) mass is 264 g/mol. The summed E-state index contributed by atoms with van der Waals surface area (Å²) in [4.78, 5) is 22.5. The molecule has 0 aliphatic carbocycles. The number of amides is 1. The van der Waals surface area contributed by atoms with E-state index in [1.807, 2.05) is 13.8 Å². The molecule has 5 heteroatoms. The van der Waals surface area contributed by atoms with Gasteiger partial charge in [-0.2, -0.15) is 0 Å². The minimum absolute atomic E-state index is 0.0222. The van der Waals surface area contributed by atoms with Crippen LogP contribution in [0.15, 0.2) is 24.3 Å². The topological polar surface area (TPSA) is 92.4 Å². The van der Waals surface area contributed by atoms with Crippen molar-refractivity contribution in [1.82, 2.24) is 0 Å². The maximum atomic E-state index is 12.0. The molecule has 0 saturated carbocycles. The summed E-state index contributed by atoms with van der Waals surface area (Å²) in [6.07, 6.45) is -0.0222. The minimum atomic E-state index is -0.875. The predicted molar refractivity (Wildman–Crippen MR) is 73.8 cm³/mol. The molecule has 0 spiro atoms. The lowest BCUT2D eigenvalue weighted by atomic mass is 9.95. The Morgan fingerprint density at radius 3 is 2.26 bits per heavy atom. The van der Waals surface area contributed by atoms with E-state index in [0.717, 1.165) is 0 Å². The molecular weight excluding hydrogens is 244 g/mol. The molecule has 0 saturated heterocycles. The van der Waals surface area contributed by atoms with E-state index < -0.39 is 5.97 Å². The van der Waals surface area contributed by atoms with E-state index in [1.165, 1.54) is 0 Å². The minimum Gasteiger partial charge on any atom is -0.481 e. The molecule has 0 aliphatic heterocycles. The van der Waals surface area contributed by atoms with Gasteiger partial charge in [-0.3, -0.25) is 9.59 Å². The fraction of sp³-hybridized carbons (Fsp3) is 0.429. The second kappa shape index (κ2) is 6.89. The molecule has 104 valence electrons. The second-order valence-electron chi connectivity index (χ2n) is 4.84. The number of hydrogen-bond donors (Lipinski definition) is 3. The Morgan fingerprint density at radius 2 is 1.84 bits per heavy atom. The molecule has 0 radical (unpaired) electrons. The van der Waals surface area contributed by atoms with Crippen molar-refractivity contribution in [2.45, 2.75) is 20.3 Å². The van der Waals surface area contributed by atoms with Crippen molar-refractivity contribution in [2.24, 2.45) is 17.6 Å². The number of benzene rings is 1. The number of nitrogens with one attached hydrogen (secondary N) is 1. The normalized spacial score (nSPS) is 12.2. The van der Waals surface area contributed by atoms with Crippen LogP contribution in [0.25, 0.3) is 0 Å². The zero-order valence-electron chi connectivity index (χ0n) is 11.2. The quantitative estimate of drug-likeness (QED) is 0.725. The van der Waals surface area contributed by atoms with Crippen molar-refractivity contribution in [3.63, 3.8) is 0 Å². The highest BCUT2D eigenvalue weighted by molar-refractivity contribution is 5.92. The third kappa shape index (κ3) is 4.71. The lowest BCUT2D eigenvalue weighted by molar-refractivity contribution is -0.136. The Bertz CT molecular complexity index is 441. The van der Waals surface area contributed by atoms with Gasteiger partial charge in [0.05, 0.1) is 12.3 Å². The van der Waals surface area contributed by atoms with Crippen molar-refractivity contribution in [1.29, 1.82) is 0 Å². The third-order valence-corrected chi connectivity index (χ3v) is 2.97. The van der Waals surface area contributed by atoms with E-state index >= 15 is 0 Å². The van der Waals surface area contributed by atoms with Crippen LogP contribution in [-0.2, 0) is 16.0 Å². The average Bonchev–Trinajstić information content (AvgIpc) is 2.31. The summed E-state index contributed by atoms with van der Waals surface area (Å²) in [5.41, 5.74) is 6.93. The maximum absolute atomic E-state index is 12.0. The second-order valence-corrected chi connectivity index (χ2v) is 4.84. The third-order valence-electron chi connectivity index (χ3n) is 2.97. The highest BCUT2D eigenvalue weighted by Crippen LogP contribution is 2.15. The van der Waals surface area contributed by atoms with Crippen LogP contribution in [-0.4, -0.2) is 23.5 Å². The zero-order chi connectivity index (χ0) is 14.4. The van der Waals surface area contributed by atoms with Gasteiger partial charge in [0.1, 0.15) is 0 Å². The number of carbonyl (C=O) groups excluding carboxylic acids is 1. The summed E-state index contributed by atoms with van der Waals surface area (Å²) in [7, 11) is 0. The first kappa shape index (κ1) is 15.2. The number of anilines is 1. The Kier molecular flexibility index (Phi) is 5.51. The van der Waals surface area contributed by atoms with Crippen LogP contribution in [0.4, 0.5) is 5.69 Å². The Morgan fingerprint density at radius 1 is 1.26 bits per heavy atom. The highest BCUT2D eigenvalue weighted by Gasteiger charge is 2.20. The van der Waals surface area contributed by atoms with E-state index in [2.05, 4.69) is 5.32 Å². The molecule has 0 aliphatic rings. The fourth-order valence-corrected chi connectivity index (χ4v) is 1.80. The first-order valence-electron chi connectivity index (χ1n) is 6.25. The molecule has 0 aromatic heterocycles. The lowest BCUT2D eigenvalue weighted by Crippen LogP contribution is -2.33. The molecular formula is C14H20N2O3. The smallest absolute Gasteiger partial charge is 0.307 e. The number of rotatable bonds is 6. The summed E-state index contributed by atoms with van der Waals surface area (Å²) in [6, 6.07) is 6.78. The van der Waals surface area contributed by atoms with Crippen molar-refractivity contribution in [3.05, 3.63) is 29.8 Å². The maximum Gasteiger partial charge on any atom is 0.307 e. The molecule has 19 heavy (non-hydrogen) atoms. The van der Waals surface area contributed by atoms with Crippen LogP contribution in [0.1, 0.15) is 19.4 Å². The van der Waals surface area contributed by atoms with Crippen LogP contribution >= 0.6 is 0 Å². The summed E-state index contributed by atoms with van der Waals surface area (Å²) < 4.78 is 0. The summed E-state index contributed by atoms with van der Waals surface area (Å²) >= 11 is 0. The van der Waals surface area contributed by atoms with E-state index in [0.29, 0.717) is 17.8 Å². The van der Waals surface area contributed by atoms with E-state index in [9.17, 15) is 9.59 Å². The zero-order valence-corrected chi connectivity index (χ0v) is 11.2. The largest absolute Gasteiger partial charge is 0.481 e. The Balaban J connectivity index is 2.67. The molecule has 0 heterocycles. The van der Waals surface area contributed by atoms with Gasteiger partial charge in [-0.1, -0.05) is 26.0 Å². The van der Waals surface area contributed by atoms with E-state index in [-0.39, 0.29) is 24.2 Å². The average molecular weight is 264 g/mol. The fourth-order valence-electron chi connectivity index (χ4n) is 1.80. The van der Waals surface area contributed by atoms with Gasteiger partial charge in [0, 0.05) is 12.2 Å². The Labute approximate surface area is 112 Å². The van der Waals surface area contributed by atoms with Crippen molar-refractivity contribution >= 4 is 17.6 Å². The van der Waals surface area contributed by atoms with Gasteiger partial charge in [0.2, 0.25) is 5.91 Å². The van der Waals surface area contributed by atoms with E-state index in [4.69, 9.17) is 10.8 Å². The number of carboxylic acids is 1. The standard InChI is InChI=1S/C14H20N2O3/c1-9(2)12(8-15)14(19)16-11-5-3-10(4-6-11)7-13(17)18/h3-6,9,12H,7-8,15H2,1-2H3,(H,16,19)(H,17,18). The molecule has 1 rings (SSSR count). The van der Waals surface area contributed by atoms with E-state index in [1.54, 1.807) is 24.3 Å². The molecule has 0 fully saturated rings. The van der Waals surface area contributed by atoms with Crippen LogP contribution in [0, 0.1) is 11.8 Å². The van der Waals surface area contributed by atoms with Crippen LogP contribution in [0.5, 0.6) is 0 Å². The van der Waals surface area contributed by atoms with Gasteiger partial charge in [0.15, 0.2) is 0 Å². The molecule has 1 aromatic carbocycles. The number of aliphatic carboxylic acids is 1. The van der Waals surface area contributed by atoms with Crippen molar-refractivity contribution in [3.8, 4) is 0 Å². The van der Waals surface area contributed by atoms with Gasteiger partial charge >= 0.3 is 5.97 Å². The summed E-state index contributed by atoms with van der Waals surface area (Å²) in [6.45, 7) is 4.21. The van der Waals surface area contributed by atoms with Crippen LogP contribution in [0.2, 0.25) is 0 Å². The summed E-state index contributed by atoms with van der Waals surface area (Å²) in [5.74, 6) is -1.03. The first-order chi connectivity index (χ1) is 8.93. The van der Waals surface area contributed by atoms with Gasteiger partial charge < -0.3 is 16.2 Å². The predicted octanol–water partition coefficient (Wildman–Crippen LogP) is 1.48. The van der Waals surface area contributed by atoms with Gasteiger partial charge in [-0.05, 0) is 23.6 Å².